The molecule has 0 aliphatic carbocycles. The standard InChI is InChI=1S/C20H17F3N4O2/c1-3-6-14-17(2)28-15(12-7-4-5-8-13(12)20(21,22)23)18(9-24,10-25)19(14,11-26)16(27)29-17/h4-5,7-8,14-15,27H,3,6H2,1-2H3. The van der Waals surface area contributed by atoms with Gasteiger partial charge in [0.25, 0.3) is 0 Å². The quantitative estimate of drug-likeness (QED) is 0.802. The third kappa shape index (κ3) is 2.46. The van der Waals surface area contributed by atoms with Crippen LogP contribution in [-0.2, 0) is 15.7 Å². The molecule has 0 aromatic heterocycles. The summed E-state index contributed by atoms with van der Waals surface area (Å²) >= 11 is 0. The molecule has 4 unspecified atom stereocenters. The molecule has 0 saturated carbocycles. The van der Waals surface area contributed by atoms with Crippen LogP contribution < -0.4 is 0 Å². The number of hydrogen-bond acceptors (Lipinski definition) is 6. The molecule has 2 saturated heterocycles. The Balaban J connectivity index is 2.37. The van der Waals surface area contributed by atoms with Crippen LogP contribution in [0.15, 0.2) is 24.3 Å². The Labute approximate surface area is 165 Å². The van der Waals surface area contributed by atoms with Crippen LogP contribution in [0.5, 0.6) is 0 Å². The van der Waals surface area contributed by atoms with Gasteiger partial charge in [-0.2, -0.15) is 29.0 Å². The molecule has 1 aromatic carbocycles. The van der Waals surface area contributed by atoms with Crippen molar-refractivity contribution in [2.45, 2.75) is 44.8 Å². The van der Waals surface area contributed by atoms with Crippen LogP contribution in [0.1, 0.15) is 43.9 Å². The minimum atomic E-state index is -4.77. The summed E-state index contributed by atoms with van der Waals surface area (Å²) in [5.74, 6) is -3.12. The number of nitriles is 3. The van der Waals surface area contributed by atoms with Gasteiger partial charge in [-0.25, -0.2) is 0 Å². The van der Waals surface area contributed by atoms with Crippen LogP contribution in [0.4, 0.5) is 13.2 Å². The van der Waals surface area contributed by atoms with Crippen molar-refractivity contribution in [3.05, 3.63) is 35.4 Å². The third-order valence-corrected chi connectivity index (χ3v) is 5.84. The Morgan fingerprint density at radius 2 is 1.76 bits per heavy atom. The lowest BCUT2D eigenvalue weighted by molar-refractivity contribution is -0.275. The van der Waals surface area contributed by atoms with E-state index < -0.39 is 51.8 Å². The van der Waals surface area contributed by atoms with Crippen molar-refractivity contribution in [1.82, 2.24) is 0 Å². The molecule has 0 spiro atoms. The number of alkyl halides is 3. The lowest BCUT2D eigenvalue weighted by Crippen LogP contribution is -2.58. The Morgan fingerprint density at radius 3 is 2.28 bits per heavy atom. The molecule has 2 heterocycles. The minimum absolute atomic E-state index is 0.283. The lowest BCUT2D eigenvalue weighted by Gasteiger charge is -2.49. The molecule has 2 fully saturated rings. The highest BCUT2D eigenvalue weighted by atomic mass is 19.4. The molecule has 4 atom stereocenters. The molecule has 0 radical (unpaired) electrons. The summed E-state index contributed by atoms with van der Waals surface area (Å²) in [6, 6.07) is 9.88. The maximum atomic E-state index is 13.7. The number of hydrogen-bond donors (Lipinski definition) is 1. The van der Waals surface area contributed by atoms with Gasteiger partial charge >= 0.3 is 6.18 Å². The second-order valence-corrected chi connectivity index (χ2v) is 7.32. The van der Waals surface area contributed by atoms with E-state index in [2.05, 4.69) is 0 Å². The number of nitrogens with zero attached hydrogens (tertiary/aromatic N) is 3. The molecule has 1 aromatic rings. The summed E-state index contributed by atoms with van der Waals surface area (Å²) in [4.78, 5) is 0. The van der Waals surface area contributed by atoms with Gasteiger partial charge in [0.05, 0.1) is 29.7 Å². The topological polar surface area (TPSA) is 114 Å². The Bertz CT molecular complexity index is 973. The summed E-state index contributed by atoms with van der Waals surface area (Å²) in [6.45, 7) is 3.24. The fraction of sp³-hybridized carbons (Fsp3) is 0.500. The second kappa shape index (κ2) is 6.47. The lowest BCUT2D eigenvalue weighted by atomic mass is 9.52. The summed E-state index contributed by atoms with van der Waals surface area (Å²) in [7, 11) is 0. The Kier molecular flexibility index (Phi) is 4.61. The van der Waals surface area contributed by atoms with E-state index in [1.807, 2.05) is 13.0 Å². The molecule has 1 N–H and O–H groups in total. The Morgan fingerprint density at radius 1 is 1.14 bits per heavy atom. The zero-order valence-electron chi connectivity index (χ0n) is 15.7. The van der Waals surface area contributed by atoms with E-state index in [4.69, 9.17) is 14.9 Å². The largest absolute Gasteiger partial charge is 0.448 e. The predicted octanol–water partition coefficient (Wildman–Crippen LogP) is 4.46. The molecule has 6 nitrogen and oxygen atoms in total. The van der Waals surface area contributed by atoms with E-state index in [-0.39, 0.29) is 6.42 Å². The van der Waals surface area contributed by atoms with E-state index in [1.54, 1.807) is 12.1 Å². The van der Waals surface area contributed by atoms with Gasteiger partial charge < -0.3 is 9.47 Å². The van der Waals surface area contributed by atoms with Crippen molar-refractivity contribution in [1.29, 1.82) is 21.2 Å². The molecule has 9 heteroatoms. The number of benzene rings is 1. The Hall–Kier alpha value is -3.09. The van der Waals surface area contributed by atoms with Gasteiger partial charge in [-0.15, -0.1) is 0 Å². The molecule has 0 amide bonds. The summed E-state index contributed by atoms with van der Waals surface area (Å²) in [5.41, 5.74) is -5.99. The number of rotatable bonds is 3. The molecule has 2 bridgehead atoms. The van der Waals surface area contributed by atoms with Gasteiger partial charge in [-0.05, 0) is 18.1 Å². The van der Waals surface area contributed by atoms with Crippen molar-refractivity contribution >= 4 is 5.90 Å². The molecule has 2 aliphatic heterocycles. The number of fused-ring (bicyclic) bond motifs is 2. The van der Waals surface area contributed by atoms with Crippen LogP contribution in [0.3, 0.4) is 0 Å². The highest BCUT2D eigenvalue weighted by molar-refractivity contribution is 5.89. The van der Waals surface area contributed by atoms with E-state index in [9.17, 15) is 29.0 Å². The first-order valence-corrected chi connectivity index (χ1v) is 8.93. The van der Waals surface area contributed by atoms with Crippen molar-refractivity contribution in [3.8, 4) is 18.2 Å². The number of nitrogens with one attached hydrogen (secondary N) is 1. The van der Waals surface area contributed by atoms with Gasteiger partial charge in [-0.1, -0.05) is 31.5 Å². The number of halogens is 3. The van der Waals surface area contributed by atoms with Crippen LogP contribution in [0.2, 0.25) is 0 Å². The summed E-state index contributed by atoms with van der Waals surface area (Å²) in [5, 5.41) is 38.5. The first-order valence-electron chi connectivity index (χ1n) is 8.93. The van der Waals surface area contributed by atoms with Gasteiger partial charge in [-0.3, -0.25) is 5.41 Å². The first-order chi connectivity index (χ1) is 13.6. The average Bonchev–Trinajstić information content (AvgIpc) is 2.84. The molecule has 29 heavy (non-hydrogen) atoms. The number of ether oxygens (including phenoxy) is 2. The van der Waals surface area contributed by atoms with E-state index in [0.29, 0.717) is 6.42 Å². The average molecular weight is 402 g/mol. The molecule has 150 valence electrons. The van der Waals surface area contributed by atoms with Gasteiger partial charge in [0.2, 0.25) is 17.1 Å². The summed E-state index contributed by atoms with van der Waals surface area (Å²) in [6.07, 6.45) is -5.70. The normalized spacial score (nSPS) is 32.6. The van der Waals surface area contributed by atoms with Crippen molar-refractivity contribution in [2.24, 2.45) is 16.7 Å². The molecule has 2 aliphatic rings. The fourth-order valence-corrected chi connectivity index (χ4v) is 4.58. The van der Waals surface area contributed by atoms with Gasteiger partial charge in [0, 0.05) is 6.92 Å². The second-order valence-electron chi connectivity index (χ2n) is 7.32. The molecular weight excluding hydrogens is 385 g/mol. The maximum absolute atomic E-state index is 13.7. The SMILES string of the molecule is CCCC1C2(C)OC(=N)C1(C#N)C(C#N)(C#N)C(c1ccccc1C(F)(F)F)O2. The molecular formula is C20H17F3N4O2. The van der Waals surface area contributed by atoms with Crippen LogP contribution >= 0.6 is 0 Å². The van der Waals surface area contributed by atoms with E-state index in [0.717, 1.165) is 12.1 Å². The van der Waals surface area contributed by atoms with Gasteiger partial charge in [0.15, 0.2) is 5.41 Å². The maximum Gasteiger partial charge on any atom is 0.416 e. The van der Waals surface area contributed by atoms with Crippen molar-refractivity contribution in [2.75, 3.05) is 0 Å². The fourth-order valence-electron chi connectivity index (χ4n) is 4.58. The van der Waals surface area contributed by atoms with Crippen LogP contribution in [0.25, 0.3) is 0 Å². The smallest absolute Gasteiger partial charge is 0.416 e. The highest BCUT2D eigenvalue weighted by Gasteiger charge is 2.79. The van der Waals surface area contributed by atoms with Crippen molar-refractivity contribution < 1.29 is 22.6 Å². The zero-order chi connectivity index (χ0) is 21.7. The first kappa shape index (κ1) is 20.6. The monoisotopic (exact) mass is 402 g/mol. The van der Waals surface area contributed by atoms with E-state index in [1.165, 1.54) is 19.1 Å². The van der Waals surface area contributed by atoms with Crippen LogP contribution in [-0.4, -0.2) is 11.7 Å². The molecule has 3 rings (SSSR count). The third-order valence-electron chi connectivity index (χ3n) is 5.84. The predicted molar refractivity (Wildman–Crippen MR) is 92.6 cm³/mol. The van der Waals surface area contributed by atoms with Crippen LogP contribution in [0, 0.1) is 56.2 Å². The van der Waals surface area contributed by atoms with Crippen molar-refractivity contribution in [3.63, 3.8) is 0 Å². The van der Waals surface area contributed by atoms with Gasteiger partial charge in [0.1, 0.15) is 6.10 Å². The van der Waals surface area contributed by atoms with E-state index >= 15 is 0 Å². The zero-order valence-corrected chi connectivity index (χ0v) is 15.7. The minimum Gasteiger partial charge on any atom is -0.448 e. The summed E-state index contributed by atoms with van der Waals surface area (Å²) < 4.78 is 52.4. The highest BCUT2D eigenvalue weighted by Crippen LogP contribution is 2.67.